The Labute approximate surface area is 163 Å². The van der Waals surface area contributed by atoms with Crippen LogP contribution in [0.25, 0.3) is 0 Å². The number of amides is 1. The summed E-state index contributed by atoms with van der Waals surface area (Å²) in [5.74, 6) is 0.618. The van der Waals surface area contributed by atoms with E-state index in [1.165, 1.54) is 7.11 Å². The lowest BCUT2D eigenvalue weighted by atomic mass is 10.2. The molecule has 0 saturated carbocycles. The summed E-state index contributed by atoms with van der Waals surface area (Å²) >= 11 is 0. The van der Waals surface area contributed by atoms with E-state index in [9.17, 15) is 9.59 Å². The molecule has 28 heavy (non-hydrogen) atoms. The fourth-order valence-corrected chi connectivity index (χ4v) is 2.54. The molecule has 3 rings (SSSR count). The van der Waals surface area contributed by atoms with E-state index < -0.39 is 5.97 Å². The third-order valence-corrected chi connectivity index (χ3v) is 3.86. The highest BCUT2D eigenvalue weighted by Gasteiger charge is 2.09. The van der Waals surface area contributed by atoms with E-state index in [0.717, 1.165) is 0 Å². The Morgan fingerprint density at radius 2 is 1.64 bits per heavy atom. The van der Waals surface area contributed by atoms with Gasteiger partial charge >= 0.3 is 5.97 Å². The molecule has 0 aromatic heterocycles. The maximum atomic E-state index is 12.3. The zero-order valence-corrected chi connectivity index (χ0v) is 15.3. The van der Waals surface area contributed by atoms with Crippen LogP contribution >= 0.6 is 0 Å². The van der Waals surface area contributed by atoms with E-state index in [1.54, 1.807) is 24.3 Å². The number of anilines is 2. The molecule has 6 heteroatoms. The van der Waals surface area contributed by atoms with Crippen molar-refractivity contribution < 1.29 is 19.1 Å². The molecule has 0 aliphatic rings. The van der Waals surface area contributed by atoms with E-state index in [1.807, 2.05) is 54.6 Å². The van der Waals surface area contributed by atoms with Crippen LogP contribution in [-0.2, 0) is 9.53 Å². The molecule has 0 fully saturated rings. The predicted molar refractivity (Wildman–Crippen MR) is 108 cm³/mol. The molecule has 0 atom stereocenters. The normalized spacial score (nSPS) is 10.0. The standard InChI is InChI=1S/C22H20N2O4/c1-27-22(26)16-8-7-9-17(14-16)24-21(25)15-23-19-12-5-6-13-20(19)28-18-10-3-2-4-11-18/h2-14,23H,15H2,1H3,(H,24,25). The van der Waals surface area contributed by atoms with Gasteiger partial charge in [-0.05, 0) is 42.5 Å². The van der Waals surface area contributed by atoms with Crippen LogP contribution in [0.15, 0.2) is 78.9 Å². The summed E-state index contributed by atoms with van der Waals surface area (Å²) in [6.45, 7) is 0.0393. The smallest absolute Gasteiger partial charge is 0.337 e. The van der Waals surface area contributed by atoms with Crippen LogP contribution in [0.2, 0.25) is 0 Å². The summed E-state index contributed by atoms with van der Waals surface area (Å²) in [6, 6.07) is 23.4. The molecule has 0 heterocycles. The van der Waals surface area contributed by atoms with Crippen LogP contribution in [0.3, 0.4) is 0 Å². The average molecular weight is 376 g/mol. The molecule has 0 unspecified atom stereocenters. The number of carbonyl (C=O) groups is 2. The van der Waals surface area contributed by atoms with Crippen molar-refractivity contribution >= 4 is 23.3 Å². The van der Waals surface area contributed by atoms with Crippen LogP contribution in [0.5, 0.6) is 11.5 Å². The maximum Gasteiger partial charge on any atom is 0.337 e. The van der Waals surface area contributed by atoms with Gasteiger partial charge < -0.3 is 20.1 Å². The lowest BCUT2D eigenvalue weighted by Gasteiger charge is -2.13. The number of esters is 1. The minimum atomic E-state index is -0.457. The van der Waals surface area contributed by atoms with E-state index in [0.29, 0.717) is 28.4 Å². The number of hydrogen-bond acceptors (Lipinski definition) is 5. The van der Waals surface area contributed by atoms with Gasteiger partial charge in [0, 0.05) is 5.69 Å². The number of nitrogens with one attached hydrogen (secondary N) is 2. The third kappa shape index (κ3) is 5.11. The zero-order valence-electron chi connectivity index (χ0n) is 15.3. The van der Waals surface area contributed by atoms with E-state index in [2.05, 4.69) is 15.4 Å². The molecular formula is C22H20N2O4. The lowest BCUT2D eigenvalue weighted by molar-refractivity contribution is -0.114. The molecule has 0 bridgehead atoms. The maximum absolute atomic E-state index is 12.3. The predicted octanol–water partition coefficient (Wildman–Crippen LogP) is 4.32. The van der Waals surface area contributed by atoms with Crippen LogP contribution in [0, 0.1) is 0 Å². The third-order valence-electron chi connectivity index (χ3n) is 3.86. The quantitative estimate of drug-likeness (QED) is 0.601. The highest BCUT2D eigenvalue weighted by Crippen LogP contribution is 2.28. The van der Waals surface area contributed by atoms with Crippen LogP contribution in [0.4, 0.5) is 11.4 Å². The van der Waals surface area contributed by atoms with Crippen molar-refractivity contribution in [2.45, 2.75) is 0 Å². The first kappa shape index (κ1) is 19.0. The second-order valence-corrected chi connectivity index (χ2v) is 5.89. The second kappa shape index (κ2) is 9.23. The Kier molecular flexibility index (Phi) is 6.25. The SMILES string of the molecule is COC(=O)c1cccc(NC(=O)CNc2ccccc2Oc2ccccc2)c1. The summed E-state index contributed by atoms with van der Waals surface area (Å²) in [6.07, 6.45) is 0. The Morgan fingerprint density at radius 1 is 0.893 bits per heavy atom. The van der Waals surface area contributed by atoms with Crippen molar-refractivity contribution in [3.05, 3.63) is 84.4 Å². The van der Waals surface area contributed by atoms with Crippen LogP contribution in [0.1, 0.15) is 10.4 Å². The molecule has 3 aromatic rings. The molecule has 142 valence electrons. The summed E-state index contributed by atoms with van der Waals surface area (Å²) in [7, 11) is 1.31. The number of benzene rings is 3. The molecule has 2 N–H and O–H groups in total. The van der Waals surface area contributed by atoms with Crippen molar-refractivity contribution in [1.82, 2.24) is 0 Å². The number of ether oxygens (including phenoxy) is 2. The number of rotatable bonds is 7. The van der Waals surface area contributed by atoms with Gasteiger partial charge in [-0.15, -0.1) is 0 Å². The van der Waals surface area contributed by atoms with E-state index in [-0.39, 0.29) is 12.5 Å². The molecule has 0 radical (unpaired) electrons. The molecule has 6 nitrogen and oxygen atoms in total. The Morgan fingerprint density at radius 3 is 2.43 bits per heavy atom. The van der Waals surface area contributed by atoms with Crippen molar-refractivity contribution in [3.8, 4) is 11.5 Å². The van der Waals surface area contributed by atoms with E-state index >= 15 is 0 Å². The molecule has 1 amide bonds. The monoisotopic (exact) mass is 376 g/mol. The van der Waals surface area contributed by atoms with Gasteiger partial charge in [-0.25, -0.2) is 4.79 Å². The largest absolute Gasteiger partial charge is 0.465 e. The first-order valence-corrected chi connectivity index (χ1v) is 8.70. The van der Waals surface area contributed by atoms with Crippen molar-refractivity contribution in [2.24, 2.45) is 0 Å². The van der Waals surface area contributed by atoms with Gasteiger partial charge in [-0.2, -0.15) is 0 Å². The van der Waals surface area contributed by atoms with Gasteiger partial charge in [0.25, 0.3) is 0 Å². The molecular weight excluding hydrogens is 356 g/mol. The van der Waals surface area contributed by atoms with E-state index in [4.69, 9.17) is 4.74 Å². The van der Waals surface area contributed by atoms with Crippen LogP contribution < -0.4 is 15.4 Å². The number of carbonyl (C=O) groups excluding carboxylic acids is 2. The molecule has 0 spiro atoms. The fourth-order valence-electron chi connectivity index (χ4n) is 2.54. The van der Waals surface area contributed by atoms with Gasteiger partial charge in [-0.3, -0.25) is 4.79 Å². The average Bonchev–Trinajstić information content (AvgIpc) is 2.73. The summed E-state index contributed by atoms with van der Waals surface area (Å²) < 4.78 is 10.6. The molecule has 0 aliphatic heterocycles. The topological polar surface area (TPSA) is 76.7 Å². The highest BCUT2D eigenvalue weighted by molar-refractivity contribution is 5.96. The van der Waals surface area contributed by atoms with Gasteiger partial charge in [-0.1, -0.05) is 36.4 Å². The minimum absolute atomic E-state index is 0.0393. The summed E-state index contributed by atoms with van der Waals surface area (Å²) in [4.78, 5) is 23.9. The molecule has 0 aliphatic carbocycles. The molecule has 3 aromatic carbocycles. The van der Waals surface area contributed by atoms with Crippen LogP contribution in [-0.4, -0.2) is 25.5 Å². The van der Waals surface area contributed by atoms with Gasteiger partial charge in [0.15, 0.2) is 5.75 Å². The summed E-state index contributed by atoms with van der Waals surface area (Å²) in [5, 5.41) is 5.82. The summed E-state index contributed by atoms with van der Waals surface area (Å²) in [5.41, 5.74) is 1.59. The van der Waals surface area contributed by atoms with Gasteiger partial charge in [0.05, 0.1) is 24.9 Å². The van der Waals surface area contributed by atoms with Crippen molar-refractivity contribution in [2.75, 3.05) is 24.3 Å². The lowest BCUT2D eigenvalue weighted by Crippen LogP contribution is -2.22. The van der Waals surface area contributed by atoms with Gasteiger partial charge in [0.2, 0.25) is 5.91 Å². The first-order valence-electron chi connectivity index (χ1n) is 8.70. The number of hydrogen-bond donors (Lipinski definition) is 2. The first-order chi connectivity index (χ1) is 13.7. The minimum Gasteiger partial charge on any atom is -0.465 e. The Hall–Kier alpha value is -3.80. The van der Waals surface area contributed by atoms with Crippen molar-refractivity contribution in [3.63, 3.8) is 0 Å². The van der Waals surface area contributed by atoms with Crippen molar-refractivity contribution in [1.29, 1.82) is 0 Å². The molecule has 0 saturated heterocycles. The Balaban J connectivity index is 1.62. The zero-order chi connectivity index (χ0) is 19.8. The second-order valence-electron chi connectivity index (χ2n) is 5.89. The number of para-hydroxylation sites is 3. The highest BCUT2D eigenvalue weighted by atomic mass is 16.5. The fraction of sp³-hybridized carbons (Fsp3) is 0.0909. The van der Waals surface area contributed by atoms with Gasteiger partial charge in [0.1, 0.15) is 5.75 Å². The number of methoxy groups -OCH3 is 1. The Bertz CT molecular complexity index is 958.